The molecule has 2 heterocycles. The fourth-order valence-electron chi connectivity index (χ4n) is 3.78. The van der Waals surface area contributed by atoms with E-state index in [4.69, 9.17) is 20.8 Å². The van der Waals surface area contributed by atoms with Gasteiger partial charge in [0.15, 0.2) is 5.58 Å². The Bertz CT molecular complexity index is 1690. The second-order valence-corrected chi connectivity index (χ2v) is 10.3. The molecular weight excluding hydrogens is 558 g/mol. The highest BCUT2D eigenvalue weighted by molar-refractivity contribution is 7.92. The largest absolute Gasteiger partial charge is 0.419 e. The number of halogens is 5. The van der Waals surface area contributed by atoms with Gasteiger partial charge in [0.1, 0.15) is 18.7 Å². The molecule has 38 heavy (non-hydrogen) atoms. The van der Waals surface area contributed by atoms with Crippen LogP contribution in [0.4, 0.5) is 23.2 Å². The number of aryl methyl sites for hydroxylation is 1. The van der Waals surface area contributed by atoms with E-state index in [-0.39, 0.29) is 16.1 Å². The molecule has 2 aromatic heterocycles. The molecule has 202 valence electrons. The monoisotopic (exact) mass is 575 g/mol. The SMILES string of the molecule is COCN(c1cc(Cl)cnc1C(O)c1c(F)ccc2c1oc(=O)n2C)S(=O)(=O)c1cccc(C(F)(F)F)c1. The molecule has 2 aromatic carbocycles. The number of oxazole rings is 1. The summed E-state index contributed by atoms with van der Waals surface area (Å²) in [7, 11) is -2.30. The van der Waals surface area contributed by atoms with Crippen LogP contribution in [0.25, 0.3) is 11.1 Å². The number of aliphatic hydroxyl groups excluding tert-OH is 1. The maximum atomic E-state index is 15.0. The average Bonchev–Trinajstić information content (AvgIpc) is 3.14. The fraction of sp³-hybridized carbons (Fsp3) is 0.217. The van der Waals surface area contributed by atoms with Crippen molar-refractivity contribution in [3.63, 3.8) is 0 Å². The van der Waals surface area contributed by atoms with E-state index in [9.17, 15) is 35.9 Å². The minimum Gasteiger partial charge on any atom is -0.407 e. The third-order valence-electron chi connectivity index (χ3n) is 5.61. The molecule has 0 saturated heterocycles. The first-order valence-electron chi connectivity index (χ1n) is 10.6. The summed E-state index contributed by atoms with van der Waals surface area (Å²) in [6.07, 6.45) is -5.79. The zero-order chi connectivity index (χ0) is 28.0. The first-order valence-corrected chi connectivity index (χ1v) is 12.4. The van der Waals surface area contributed by atoms with Gasteiger partial charge in [0, 0.05) is 20.4 Å². The van der Waals surface area contributed by atoms with Gasteiger partial charge < -0.3 is 14.3 Å². The fourth-order valence-corrected chi connectivity index (χ4v) is 5.36. The smallest absolute Gasteiger partial charge is 0.407 e. The lowest BCUT2D eigenvalue weighted by Gasteiger charge is -2.27. The highest BCUT2D eigenvalue weighted by Gasteiger charge is 2.35. The Hall–Kier alpha value is -3.46. The molecule has 1 unspecified atom stereocenters. The van der Waals surface area contributed by atoms with Gasteiger partial charge in [0.25, 0.3) is 10.0 Å². The molecule has 0 radical (unpaired) electrons. The van der Waals surface area contributed by atoms with Crippen molar-refractivity contribution in [1.29, 1.82) is 0 Å². The highest BCUT2D eigenvalue weighted by Crippen LogP contribution is 2.38. The van der Waals surface area contributed by atoms with E-state index < -0.39 is 68.0 Å². The Morgan fingerprint density at radius 1 is 1.24 bits per heavy atom. The predicted octanol–water partition coefficient (Wildman–Crippen LogP) is 4.22. The molecule has 9 nitrogen and oxygen atoms in total. The van der Waals surface area contributed by atoms with E-state index in [1.165, 1.54) is 13.1 Å². The van der Waals surface area contributed by atoms with E-state index in [0.717, 1.165) is 42.1 Å². The summed E-state index contributed by atoms with van der Waals surface area (Å²) >= 11 is 6.05. The molecule has 1 atom stereocenters. The van der Waals surface area contributed by atoms with Crippen molar-refractivity contribution in [3.8, 4) is 0 Å². The van der Waals surface area contributed by atoms with Crippen molar-refractivity contribution in [1.82, 2.24) is 9.55 Å². The second kappa shape index (κ2) is 10.0. The Balaban J connectivity index is 1.93. The number of rotatable bonds is 7. The van der Waals surface area contributed by atoms with E-state index >= 15 is 0 Å². The number of methoxy groups -OCH3 is 1. The minimum atomic E-state index is -4.83. The van der Waals surface area contributed by atoms with Gasteiger partial charge in [0.05, 0.1) is 37.9 Å². The molecular formula is C23H18ClF4N3O6S. The summed E-state index contributed by atoms with van der Waals surface area (Å²) in [4.78, 5) is 15.3. The number of benzene rings is 2. The lowest BCUT2D eigenvalue weighted by Crippen LogP contribution is -2.34. The van der Waals surface area contributed by atoms with Crippen LogP contribution in [0.2, 0.25) is 5.02 Å². The number of alkyl halides is 3. The number of anilines is 1. The van der Waals surface area contributed by atoms with Crippen molar-refractivity contribution in [3.05, 3.63) is 86.9 Å². The Kier molecular flexibility index (Phi) is 7.27. The summed E-state index contributed by atoms with van der Waals surface area (Å²) in [6.45, 7) is -0.743. The molecule has 0 saturated carbocycles. The predicted molar refractivity (Wildman–Crippen MR) is 128 cm³/mol. The van der Waals surface area contributed by atoms with Crippen LogP contribution in [-0.2, 0) is 28.0 Å². The van der Waals surface area contributed by atoms with Gasteiger partial charge in [-0.05, 0) is 36.4 Å². The van der Waals surface area contributed by atoms with Crippen LogP contribution < -0.4 is 10.1 Å². The number of aliphatic hydroxyl groups is 1. The molecule has 4 aromatic rings. The molecule has 0 fully saturated rings. The van der Waals surface area contributed by atoms with Gasteiger partial charge in [-0.3, -0.25) is 9.55 Å². The van der Waals surface area contributed by atoms with Crippen LogP contribution in [0.3, 0.4) is 0 Å². The molecule has 0 aliphatic carbocycles. The van der Waals surface area contributed by atoms with E-state index in [0.29, 0.717) is 16.4 Å². The van der Waals surface area contributed by atoms with Crippen molar-refractivity contribution in [2.75, 3.05) is 18.1 Å². The van der Waals surface area contributed by atoms with Crippen LogP contribution in [0.1, 0.15) is 22.9 Å². The third kappa shape index (κ3) is 4.87. The topological polar surface area (TPSA) is 115 Å². The first-order chi connectivity index (χ1) is 17.8. The zero-order valence-electron chi connectivity index (χ0n) is 19.5. The highest BCUT2D eigenvalue weighted by atomic mass is 35.5. The van der Waals surface area contributed by atoms with Crippen molar-refractivity contribution in [2.45, 2.75) is 17.2 Å². The van der Waals surface area contributed by atoms with Gasteiger partial charge in [-0.1, -0.05) is 17.7 Å². The minimum absolute atomic E-state index is 0.110. The maximum Gasteiger partial charge on any atom is 0.419 e. The molecule has 0 bridgehead atoms. The van der Waals surface area contributed by atoms with Gasteiger partial charge in [0.2, 0.25) is 0 Å². The van der Waals surface area contributed by atoms with Crippen LogP contribution in [0, 0.1) is 5.82 Å². The lowest BCUT2D eigenvalue weighted by atomic mass is 10.0. The number of hydrogen-bond acceptors (Lipinski definition) is 7. The van der Waals surface area contributed by atoms with Gasteiger partial charge >= 0.3 is 11.9 Å². The third-order valence-corrected chi connectivity index (χ3v) is 7.55. The number of sulfonamides is 1. The Morgan fingerprint density at radius 2 is 1.95 bits per heavy atom. The average molecular weight is 576 g/mol. The molecule has 0 aliphatic heterocycles. The number of ether oxygens (including phenoxy) is 1. The summed E-state index contributed by atoms with van der Waals surface area (Å²) in [5, 5.41) is 11.1. The number of pyridine rings is 1. The van der Waals surface area contributed by atoms with Gasteiger partial charge in [-0.25, -0.2) is 21.9 Å². The number of hydrogen-bond donors (Lipinski definition) is 1. The van der Waals surface area contributed by atoms with Crippen LogP contribution in [0.15, 0.2) is 62.8 Å². The van der Waals surface area contributed by atoms with E-state index in [1.54, 1.807) is 0 Å². The molecule has 0 spiro atoms. The summed E-state index contributed by atoms with van der Waals surface area (Å²) < 4.78 is 93.5. The number of fused-ring (bicyclic) bond motifs is 1. The van der Waals surface area contributed by atoms with Crippen LogP contribution in [-0.4, -0.2) is 36.9 Å². The van der Waals surface area contributed by atoms with E-state index in [2.05, 4.69) is 4.98 Å². The van der Waals surface area contributed by atoms with Gasteiger partial charge in [-0.2, -0.15) is 13.2 Å². The molecule has 1 N–H and O–H groups in total. The normalized spacial score (nSPS) is 13.2. The Morgan fingerprint density at radius 3 is 2.61 bits per heavy atom. The first kappa shape index (κ1) is 27.6. The number of aromatic nitrogens is 2. The number of nitrogens with zero attached hydrogens (tertiary/aromatic N) is 3. The molecule has 4 rings (SSSR count). The Labute approximate surface area is 217 Å². The van der Waals surface area contributed by atoms with Crippen molar-refractivity contribution in [2.24, 2.45) is 7.05 Å². The zero-order valence-corrected chi connectivity index (χ0v) is 21.1. The molecule has 0 aliphatic rings. The second-order valence-electron chi connectivity index (χ2n) is 7.99. The summed E-state index contributed by atoms with van der Waals surface area (Å²) in [5.74, 6) is -1.85. The van der Waals surface area contributed by atoms with Crippen molar-refractivity contribution < 1.29 is 40.2 Å². The van der Waals surface area contributed by atoms with Crippen LogP contribution >= 0.6 is 11.6 Å². The van der Waals surface area contributed by atoms with Gasteiger partial charge in [-0.15, -0.1) is 0 Å². The lowest BCUT2D eigenvalue weighted by molar-refractivity contribution is -0.137. The van der Waals surface area contributed by atoms with E-state index in [1.807, 2.05) is 0 Å². The maximum absolute atomic E-state index is 15.0. The summed E-state index contributed by atoms with van der Waals surface area (Å²) in [6, 6.07) is 6.28. The summed E-state index contributed by atoms with van der Waals surface area (Å²) in [5.41, 5.74) is -2.80. The quantitative estimate of drug-likeness (QED) is 0.259. The molecule has 0 amide bonds. The van der Waals surface area contributed by atoms with Crippen LogP contribution in [0.5, 0.6) is 0 Å². The molecule has 15 heteroatoms. The van der Waals surface area contributed by atoms with Crippen molar-refractivity contribution >= 4 is 38.4 Å². The standard InChI is InChI=1S/C23H18ClF4N3O6S/c1-30-16-7-6-15(25)18(21(16)37-22(30)33)20(32)19-17(9-13(24)10-29-19)31(11-36-2)38(34,35)14-5-3-4-12(8-14)23(26,27)28/h3-10,20,32H,11H2,1-2H3.